The molecule has 0 fully saturated rings. The number of nitrogens with zero attached hydrogens (tertiary/aromatic N) is 2. The molecule has 1 amide bonds. The van der Waals surface area contributed by atoms with Gasteiger partial charge in [-0.15, -0.1) is 0 Å². The highest BCUT2D eigenvalue weighted by Crippen LogP contribution is 2.20. The van der Waals surface area contributed by atoms with Gasteiger partial charge in [0.15, 0.2) is 4.80 Å². The Hall–Kier alpha value is -2.34. The molecule has 0 spiro atoms. The predicted molar refractivity (Wildman–Crippen MR) is 81.7 cm³/mol. The van der Waals surface area contributed by atoms with Gasteiger partial charge in [-0.25, -0.2) is 8.78 Å². The molecule has 0 saturated carbocycles. The van der Waals surface area contributed by atoms with E-state index in [1.165, 1.54) is 35.6 Å². The lowest BCUT2D eigenvalue weighted by molar-refractivity contribution is 0.0997. The van der Waals surface area contributed by atoms with Crippen LogP contribution < -0.4 is 4.80 Å². The van der Waals surface area contributed by atoms with Crippen molar-refractivity contribution in [3.63, 3.8) is 0 Å². The number of carbonyl (C=O) groups excluding carboxylic acids is 1. The van der Waals surface area contributed by atoms with E-state index < -0.39 is 11.7 Å². The first kappa shape index (κ1) is 14.6. The summed E-state index contributed by atoms with van der Waals surface area (Å²) in [6.45, 7) is 2.33. The molecule has 6 heteroatoms. The van der Waals surface area contributed by atoms with Gasteiger partial charge in [0.05, 0.1) is 10.2 Å². The second-order valence-corrected chi connectivity index (χ2v) is 5.65. The van der Waals surface area contributed by atoms with Gasteiger partial charge in [-0.2, -0.15) is 4.99 Å². The Labute approximate surface area is 129 Å². The summed E-state index contributed by atoms with van der Waals surface area (Å²) in [7, 11) is 0. The zero-order chi connectivity index (χ0) is 15.7. The quantitative estimate of drug-likeness (QED) is 0.709. The number of hydrogen-bond acceptors (Lipinski definition) is 2. The van der Waals surface area contributed by atoms with Gasteiger partial charge in [0, 0.05) is 12.1 Å². The van der Waals surface area contributed by atoms with E-state index in [-0.39, 0.29) is 11.4 Å². The molecule has 1 heterocycles. The number of aromatic nitrogens is 1. The maximum Gasteiger partial charge on any atom is 0.279 e. The Morgan fingerprint density at radius 2 is 2.00 bits per heavy atom. The van der Waals surface area contributed by atoms with E-state index in [0.29, 0.717) is 21.6 Å². The number of carbonyl (C=O) groups is 1. The minimum Gasteiger partial charge on any atom is -0.314 e. The Kier molecular flexibility index (Phi) is 3.85. The third kappa shape index (κ3) is 2.57. The lowest BCUT2D eigenvalue weighted by Gasteiger charge is -2.01. The molecule has 0 radical (unpaired) electrons. The van der Waals surface area contributed by atoms with Crippen molar-refractivity contribution in [1.82, 2.24) is 4.57 Å². The van der Waals surface area contributed by atoms with Crippen molar-refractivity contribution in [2.75, 3.05) is 0 Å². The van der Waals surface area contributed by atoms with Crippen LogP contribution in [0.15, 0.2) is 47.5 Å². The van der Waals surface area contributed by atoms with Crippen molar-refractivity contribution in [3.05, 3.63) is 64.5 Å². The first-order valence-electron chi connectivity index (χ1n) is 6.72. The summed E-state index contributed by atoms with van der Waals surface area (Å²) in [6, 6.07) is 10.1. The standard InChI is InChI=1S/C16H12F2N2OS/c1-2-20-14-12(18)7-4-8-13(14)22-16(20)19-15(21)10-5-3-6-11(17)9-10/h3-9H,2H2,1H3. The minimum absolute atomic E-state index is 0.167. The molecule has 112 valence electrons. The van der Waals surface area contributed by atoms with Crippen molar-refractivity contribution in [2.45, 2.75) is 13.5 Å². The lowest BCUT2D eigenvalue weighted by Crippen LogP contribution is -2.16. The Morgan fingerprint density at radius 3 is 2.73 bits per heavy atom. The van der Waals surface area contributed by atoms with E-state index in [0.717, 1.165) is 6.07 Å². The van der Waals surface area contributed by atoms with Crippen LogP contribution in [-0.2, 0) is 6.54 Å². The normalized spacial score (nSPS) is 12.0. The van der Waals surface area contributed by atoms with Crippen molar-refractivity contribution < 1.29 is 13.6 Å². The SMILES string of the molecule is CCn1c(=NC(=O)c2cccc(F)c2)sc2cccc(F)c21. The zero-order valence-corrected chi connectivity index (χ0v) is 12.5. The molecular weight excluding hydrogens is 306 g/mol. The zero-order valence-electron chi connectivity index (χ0n) is 11.7. The second kappa shape index (κ2) is 5.81. The molecule has 0 aliphatic rings. The smallest absolute Gasteiger partial charge is 0.279 e. The van der Waals surface area contributed by atoms with Gasteiger partial charge < -0.3 is 4.57 Å². The number of fused-ring (bicyclic) bond motifs is 1. The van der Waals surface area contributed by atoms with E-state index in [1.54, 1.807) is 16.7 Å². The number of amides is 1. The number of benzene rings is 2. The number of thiazole rings is 1. The van der Waals surface area contributed by atoms with Gasteiger partial charge in [-0.05, 0) is 37.3 Å². The fraction of sp³-hybridized carbons (Fsp3) is 0.125. The molecule has 3 nitrogen and oxygen atoms in total. The number of aryl methyl sites for hydroxylation is 1. The van der Waals surface area contributed by atoms with E-state index in [9.17, 15) is 13.6 Å². The van der Waals surface area contributed by atoms with Gasteiger partial charge in [0.25, 0.3) is 5.91 Å². The number of para-hydroxylation sites is 1. The highest BCUT2D eigenvalue weighted by atomic mass is 32.1. The first-order chi connectivity index (χ1) is 10.6. The highest BCUT2D eigenvalue weighted by molar-refractivity contribution is 7.16. The molecule has 3 aromatic rings. The van der Waals surface area contributed by atoms with E-state index in [2.05, 4.69) is 4.99 Å². The number of hydrogen-bond donors (Lipinski definition) is 0. The number of halogens is 2. The average Bonchev–Trinajstić information content (AvgIpc) is 2.85. The fourth-order valence-corrected chi connectivity index (χ4v) is 3.35. The van der Waals surface area contributed by atoms with E-state index in [4.69, 9.17) is 0 Å². The monoisotopic (exact) mass is 318 g/mol. The van der Waals surface area contributed by atoms with Crippen LogP contribution in [0.3, 0.4) is 0 Å². The summed E-state index contributed by atoms with van der Waals surface area (Å²) in [5.74, 6) is -1.39. The predicted octanol–water partition coefficient (Wildman–Crippen LogP) is 3.74. The molecule has 2 aromatic carbocycles. The van der Waals surface area contributed by atoms with Crippen LogP contribution in [0.2, 0.25) is 0 Å². The Morgan fingerprint density at radius 1 is 1.23 bits per heavy atom. The van der Waals surface area contributed by atoms with Gasteiger partial charge in [-0.1, -0.05) is 23.5 Å². The Bertz CT molecular complexity index is 927. The third-order valence-electron chi connectivity index (χ3n) is 3.24. The largest absolute Gasteiger partial charge is 0.314 e. The van der Waals surface area contributed by atoms with Crippen molar-refractivity contribution in [2.24, 2.45) is 4.99 Å². The number of rotatable bonds is 2. The first-order valence-corrected chi connectivity index (χ1v) is 7.54. The van der Waals surface area contributed by atoms with E-state index >= 15 is 0 Å². The van der Waals surface area contributed by atoms with Crippen molar-refractivity contribution in [3.8, 4) is 0 Å². The van der Waals surface area contributed by atoms with Crippen LogP contribution in [0.4, 0.5) is 8.78 Å². The lowest BCUT2D eigenvalue weighted by atomic mass is 10.2. The van der Waals surface area contributed by atoms with Crippen LogP contribution in [0.5, 0.6) is 0 Å². The molecule has 0 saturated heterocycles. The molecule has 0 N–H and O–H groups in total. The van der Waals surface area contributed by atoms with Crippen LogP contribution in [0.25, 0.3) is 10.2 Å². The van der Waals surface area contributed by atoms with Crippen molar-refractivity contribution >= 4 is 27.5 Å². The summed E-state index contributed by atoms with van der Waals surface area (Å²) in [4.78, 5) is 16.6. The van der Waals surface area contributed by atoms with Gasteiger partial charge in [0.1, 0.15) is 11.6 Å². The van der Waals surface area contributed by atoms with E-state index in [1.807, 2.05) is 6.92 Å². The van der Waals surface area contributed by atoms with Crippen LogP contribution >= 0.6 is 11.3 Å². The molecule has 0 unspecified atom stereocenters. The van der Waals surface area contributed by atoms with Crippen LogP contribution in [0, 0.1) is 11.6 Å². The Balaban J connectivity index is 2.17. The summed E-state index contributed by atoms with van der Waals surface area (Å²) in [6.07, 6.45) is 0. The second-order valence-electron chi connectivity index (χ2n) is 4.64. The maximum atomic E-state index is 14.0. The molecule has 0 aliphatic heterocycles. The average molecular weight is 318 g/mol. The molecular formula is C16H12F2N2OS. The summed E-state index contributed by atoms with van der Waals surface area (Å²) >= 11 is 1.23. The third-order valence-corrected chi connectivity index (χ3v) is 4.28. The summed E-state index contributed by atoms with van der Waals surface area (Å²) < 4.78 is 29.5. The van der Waals surface area contributed by atoms with Crippen LogP contribution in [0.1, 0.15) is 17.3 Å². The molecule has 3 rings (SSSR count). The topological polar surface area (TPSA) is 34.4 Å². The molecule has 22 heavy (non-hydrogen) atoms. The van der Waals surface area contributed by atoms with Gasteiger partial charge in [0.2, 0.25) is 0 Å². The minimum atomic E-state index is -0.548. The molecule has 0 aliphatic carbocycles. The molecule has 0 bridgehead atoms. The summed E-state index contributed by atoms with van der Waals surface area (Å²) in [5.41, 5.74) is 0.598. The molecule has 0 atom stereocenters. The van der Waals surface area contributed by atoms with Crippen LogP contribution in [-0.4, -0.2) is 10.5 Å². The maximum absolute atomic E-state index is 14.0. The highest BCUT2D eigenvalue weighted by Gasteiger charge is 2.11. The summed E-state index contributed by atoms with van der Waals surface area (Å²) in [5, 5.41) is 0. The molecule has 1 aromatic heterocycles. The van der Waals surface area contributed by atoms with Crippen molar-refractivity contribution in [1.29, 1.82) is 0 Å². The van der Waals surface area contributed by atoms with Gasteiger partial charge in [-0.3, -0.25) is 4.79 Å². The fourth-order valence-electron chi connectivity index (χ4n) is 2.24. The van der Waals surface area contributed by atoms with Gasteiger partial charge >= 0.3 is 0 Å².